The Hall–Kier alpha value is -2.73. The van der Waals surface area contributed by atoms with E-state index in [1.807, 2.05) is 50.4 Å². The highest BCUT2D eigenvalue weighted by atomic mass is 16.5. The molecule has 6 heteroatoms. The summed E-state index contributed by atoms with van der Waals surface area (Å²) in [6.07, 6.45) is 2.45. The zero-order valence-corrected chi connectivity index (χ0v) is 14.7. The molecule has 0 saturated carbocycles. The summed E-state index contributed by atoms with van der Waals surface area (Å²) in [6, 6.07) is 12.1. The van der Waals surface area contributed by atoms with Crippen LogP contribution in [-0.4, -0.2) is 28.2 Å². The summed E-state index contributed by atoms with van der Waals surface area (Å²) in [5.41, 5.74) is 2.88. The van der Waals surface area contributed by atoms with Gasteiger partial charge in [-0.15, -0.1) is 0 Å². The van der Waals surface area contributed by atoms with E-state index >= 15 is 0 Å². The number of aromatic nitrogens is 3. The van der Waals surface area contributed by atoms with Gasteiger partial charge < -0.3 is 14.6 Å². The number of pyridine rings is 1. The van der Waals surface area contributed by atoms with Crippen LogP contribution >= 0.6 is 0 Å². The smallest absolute Gasteiger partial charge is 0.257 e. The van der Waals surface area contributed by atoms with Gasteiger partial charge in [-0.25, -0.2) is 0 Å². The maximum Gasteiger partial charge on any atom is 0.257 e. The molecule has 0 amide bonds. The molecule has 1 unspecified atom stereocenters. The number of nitrogens with zero attached hydrogens (tertiary/aromatic N) is 3. The lowest BCUT2D eigenvalue weighted by molar-refractivity contribution is 0.305. The minimum absolute atomic E-state index is 0.299. The number of likely N-dealkylation sites (N-methyl/N-ethyl adjacent to an activating group) is 1. The van der Waals surface area contributed by atoms with Gasteiger partial charge in [0.05, 0.1) is 6.20 Å². The Labute approximate surface area is 147 Å². The van der Waals surface area contributed by atoms with Gasteiger partial charge in [0.25, 0.3) is 5.89 Å². The van der Waals surface area contributed by atoms with Crippen LogP contribution in [0.25, 0.3) is 11.5 Å². The average Bonchev–Trinajstić information content (AvgIpc) is 3.10. The number of benzene rings is 1. The lowest BCUT2D eigenvalue weighted by Gasteiger charge is -2.07. The molecule has 1 atom stereocenters. The van der Waals surface area contributed by atoms with Gasteiger partial charge in [-0.2, -0.15) is 4.98 Å². The van der Waals surface area contributed by atoms with Crippen molar-refractivity contribution in [1.82, 2.24) is 20.4 Å². The molecule has 0 saturated heterocycles. The van der Waals surface area contributed by atoms with Gasteiger partial charge in [0.15, 0.2) is 5.82 Å². The Morgan fingerprint density at radius 3 is 2.88 bits per heavy atom. The first kappa shape index (κ1) is 17.1. The highest BCUT2D eigenvalue weighted by Gasteiger charge is 2.11. The van der Waals surface area contributed by atoms with Crippen LogP contribution in [0.2, 0.25) is 0 Å². The second-order valence-electron chi connectivity index (χ2n) is 6.03. The Morgan fingerprint density at radius 1 is 1.24 bits per heavy atom. The van der Waals surface area contributed by atoms with E-state index in [2.05, 4.69) is 27.4 Å². The van der Waals surface area contributed by atoms with E-state index in [1.165, 1.54) is 0 Å². The predicted molar refractivity (Wildman–Crippen MR) is 95.3 cm³/mol. The summed E-state index contributed by atoms with van der Waals surface area (Å²) in [5, 5.41) is 7.21. The van der Waals surface area contributed by atoms with Gasteiger partial charge in [-0.3, -0.25) is 4.98 Å². The molecule has 6 nitrogen and oxygen atoms in total. The van der Waals surface area contributed by atoms with E-state index in [0.29, 0.717) is 24.4 Å². The molecule has 0 fully saturated rings. The fourth-order valence-electron chi connectivity index (χ4n) is 2.33. The number of hydrogen-bond acceptors (Lipinski definition) is 6. The lowest BCUT2D eigenvalue weighted by Crippen LogP contribution is -2.24. The summed E-state index contributed by atoms with van der Waals surface area (Å²) in [5.74, 6) is 1.97. The summed E-state index contributed by atoms with van der Waals surface area (Å²) < 4.78 is 11.2. The van der Waals surface area contributed by atoms with Gasteiger partial charge in [-0.1, -0.05) is 17.3 Å². The SMILES string of the molecule is CNC(C)Cc1noc(-c2cccc(COc3ccc(C)nc3)c2)n1. The van der Waals surface area contributed by atoms with Crippen molar-refractivity contribution < 1.29 is 9.26 Å². The monoisotopic (exact) mass is 338 g/mol. The molecule has 1 N–H and O–H groups in total. The maximum atomic E-state index is 5.77. The van der Waals surface area contributed by atoms with Crippen molar-refractivity contribution in [3.8, 4) is 17.2 Å². The second kappa shape index (κ2) is 7.90. The van der Waals surface area contributed by atoms with Crippen LogP contribution in [0.1, 0.15) is 24.0 Å². The number of ether oxygens (including phenoxy) is 1. The summed E-state index contributed by atoms with van der Waals surface area (Å²) in [7, 11) is 1.92. The third-order valence-electron chi connectivity index (χ3n) is 3.91. The van der Waals surface area contributed by atoms with Gasteiger partial charge in [-0.05, 0) is 50.7 Å². The Bertz CT molecular complexity index is 814. The Balaban J connectivity index is 1.67. The van der Waals surface area contributed by atoms with E-state index < -0.39 is 0 Å². The Morgan fingerprint density at radius 2 is 2.12 bits per heavy atom. The summed E-state index contributed by atoms with van der Waals surface area (Å²) in [4.78, 5) is 8.70. The van der Waals surface area contributed by atoms with Crippen molar-refractivity contribution in [2.24, 2.45) is 0 Å². The number of rotatable bonds is 7. The molecule has 3 aromatic rings. The van der Waals surface area contributed by atoms with Crippen molar-refractivity contribution in [2.45, 2.75) is 32.9 Å². The molecule has 0 spiro atoms. The number of nitrogens with one attached hydrogen (secondary N) is 1. The molecule has 25 heavy (non-hydrogen) atoms. The van der Waals surface area contributed by atoms with E-state index in [4.69, 9.17) is 9.26 Å². The van der Waals surface area contributed by atoms with Crippen LogP contribution in [0.5, 0.6) is 5.75 Å². The van der Waals surface area contributed by atoms with E-state index in [0.717, 1.165) is 29.0 Å². The quantitative estimate of drug-likeness (QED) is 0.713. The molecular formula is C19H22N4O2. The minimum Gasteiger partial charge on any atom is -0.487 e. The standard InChI is InChI=1S/C19H22N4O2/c1-13-7-8-17(11-21-13)24-12-15-5-4-6-16(10-15)19-22-18(23-25-19)9-14(2)20-3/h4-8,10-11,14,20H,9,12H2,1-3H3. The van der Waals surface area contributed by atoms with Crippen molar-refractivity contribution >= 4 is 0 Å². The van der Waals surface area contributed by atoms with Crippen LogP contribution in [0.4, 0.5) is 0 Å². The number of aryl methyl sites for hydroxylation is 1. The van der Waals surface area contributed by atoms with Crippen molar-refractivity contribution in [3.05, 3.63) is 59.7 Å². The first-order valence-corrected chi connectivity index (χ1v) is 8.28. The largest absolute Gasteiger partial charge is 0.487 e. The van der Waals surface area contributed by atoms with Crippen molar-refractivity contribution in [3.63, 3.8) is 0 Å². The van der Waals surface area contributed by atoms with Crippen LogP contribution in [-0.2, 0) is 13.0 Å². The van der Waals surface area contributed by atoms with Crippen molar-refractivity contribution in [1.29, 1.82) is 0 Å². The van der Waals surface area contributed by atoms with Crippen LogP contribution < -0.4 is 10.1 Å². The minimum atomic E-state index is 0.299. The van der Waals surface area contributed by atoms with Crippen LogP contribution in [0, 0.1) is 6.92 Å². The van der Waals surface area contributed by atoms with Crippen LogP contribution in [0.3, 0.4) is 0 Å². The molecule has 0 aliphatic rings. The molecule has 0 bridgehead atoms. The fraction of sp³-hybridized carbons (Fsp3) is 0.316. The topological polar surface area (TPSA) is 73.1 Å². The molecule has 0 aliphatic carbocycles. The Kier molecular flexibility index (Phi) is 5.40. The third-order valence-corrected chi connectivity index (χ3v) is 3.91. The van der Waals surface area contributed by atoms with Gasteiger partial charge in [0.1, 0.15) is 12.4 Å². The van der Waals surface area contributed by atoms with Gasteiger partial charge >= 0.3 is 0 Å². The lowest BCUT2D eigenvalue weighted by atomic mass is 10.1. The normalized spacial score (nSPS) is 12.1. The highest BCUT2D eigenvalue weighted by molar-refractivity contribution is 5.54. The molecule has 130 valence electrons. The van der Waals surface area contributed by atoms with E-state index in [-0.39, 0.29) is 0 Å². The maximum absolute atomic E-state index is 5.77. The molecular weight excluding hydrogens is 316 g/mol. The predicted octanol–water partition coefficient (Wildman–Crippen LogP) is 3.17. The van der Waals surface area contributed by atoms with E-state index in [9.17, 15) is 0 Å². The molecule has 1 aromatic carbocycles. The zero-order valence-electron chi connectivity index (χ0n) is 14.7. The summed E-state index contributed by atoms with van der Waals surface area (Å²) in [6.45, 7) is 4.48. The zero-order chi connectivity index (χ0) is 17.6. The van der Waals surface area contributed by atoms with E-state index in [1.54, 1.807) is 6.20 Å². The first-order valence-electron chi connectivity index (χ1n) is 8.28. The number of hydrogen-bond donors (Lipinski definition) is 1. The first-order chi connectivity index (χ1) is 12.1. The molecule has 0 aliphatic heterocycles. The molecule has 2 heterocycles. The van der Waals surface area contributed by atoms with Crippen molar-refractivity contribution in [2.75, 3.05) is 7.05 Å². The van der Waals surface area contributed by atoms with Gasteiger partial charge in [0.2, 0.25) is 0 Å². The summed E-state index contributed by atoms with van der Waals surface area (Å²) >= 11 is 0. The third kappa shape index (κ3) is 4.64. The molecule has 3 rings (SSSR count). The molecule has 0 radical (unpaired) electrons. The van der Waals surface area contributed by atoms with Crippen LogP contribution in [0.15, 0.2) is 47.1 Å². The van der Waals surface area contributed by atoms with Gasteiger partial charge in [0, 0.05) is 23.7 Å². The molecule has 2 aromatic heterocycles. The fourth-order valence-corrected chi connectivity index (χ4v) is 2.33. The average molecular weight is 338 g/mol. The second-order valence-corrected chi connectivity index (χ2v) is 6.03. The highest BCUT2D eigenvalue weighted by Crippen LogP contribution is 2.20.